The predicted molar refractivity (Wildman–Crippen MR) is 165 cm³/mol. The average molecular weight is 681 g/mol. The summed E-state index contributed by atoms with van der Waals surface area (Å²) in [5.74, 6) is 0.756. The second kappa shape index (κ2) is 14.8. The first-order valence-electron chi connectivity index (χ1n) is 12.8. The van der Waals surface area contributed by atoms with Crippen molar-refractivity contribution in [3.8, 4) is 17.2 Å². The van der Waals surface area contributed by atoms with Crippen molar-refractivity contribution in [2.45, 2.75) is 46.8 Å². The SMILES string of the molecule is CCOC(=O)C1=C(C)NC(=S)N[C@@H]1c1ccccc1OCC(=O)NN=Cc1cc(I)c(OC(C)C)c(OCC)c1. The molecule has 0 spiro atoms. The predicted octanol–water partition coefficient (Wildman–Crippen LogP) is 4.36. The third-order valence-electron chi connectivity index (χ3n) is 5.44. The summed E-state index contributed by atoms with van der Waals surface area (Å²) < 4.78 is 23.6. The highest BCUT2D eigenvalue weighted by molar-refractivity contribution is 14.1. The van der Waals surface area contributed by atoms with E-state index in [1.807, 2.05) is 32.9 Å². The number of ether oxygens (including phenoxy) is 4. The van der Waals surface area contributed by atoms with Crippen molar-refractivity contribution in [1.29, 1.82) is 0 Å². The number of nitrogens with one attached hydrogen (secondary N) is 3. The summed E-state index contributed by atoms with van der Waals surface area (Å²) in [6, 6.07) is 10.2. The highest BCUT2D eigenvalue weighted by Crippen LogP contribution is 2.35. The summed E-state index contributed by atoms with van der Waals surface area (Å²) in [5, 5.41) is 10.5. The van der Waals surface area contributed by atoms with Crippen LogP contribution in [0.4, 0.5) is 0 Å². The van der Waals surface area contributed by atoms with E-state index in [4.69, 9.17) is 31.2 Å². The molecule has 1 atom stereocenters. The molecule has 0 saturated carbocycles. The van der Waals surface area contributed by atoms with Crippen LogP contribution in [0.2, 0.25) is 0 Å². The van der Waals surface area contributed by atoms with Gasteiger partial charge in [0, 0.05) is 11.3 Å². The topological polar surface area (TPSA) is 120 Å². The fourth-order valence-corrected chi connectivity index (χ4v) is 4.91. The lowest BCUT2D eigenvalue weighted by Gasteiger charge is -2.30. The van der Waals surface area contributed by atoms with Gasteiger partial charge in [-0.15, -0.1) is 0 Å². The van der Waals surface area contributed by atoms with Crippen LogP contribution in [0, 0.1) is 3.57 Å². The van der Waals surface area contributed by atoms with Gasteiger partial charge in [0.25, 0.3) is 5.91 Å². The number of hydrogen-bond donors (Lipinski definition) is 3. The number of benzene rings is 2. The minimum atomic E-state index is -0.616. The Labute approximate surface area is 253 Å². The highest BCUT2D eigenvalue weighted by atomic mass is 127. The van der Waals surface area contributed by atoms with Crippen molar-refractivity contribution in [3.63, 3.8) is 0 Å². The zero-order valence-electron chi connectivity index (χ0n) is 23.0. The lowest BCUT2D eigenvalue weighted by molar-refractivity contribution is -0.139. The third-order valence-corrected chi connectivity index (χ3v) is 6.46. The molecule has 1 heterocycles. The third kappa shape index (κ3) is 8.31. The normalized spacial score (nSPS) is 15.0. The van der Waals surface area contributed by atoms with E-state index >= 15 is 0 Å². The molecule has 0 aliphatic carbocycles. The summed E-state index contributed by atoms with van der Waals surface area (Å²) in [5.41, 5.74) is 4.81. The van der Waals surface area contributed by atoms with Crippen LogP contribution in [-0.4, -0.2) is 49.1 Å². The van der Waals surface area contributed by atoms with Gasteiger partial charge in [-0.1, -0.05) is 18.2 Å². The summed E-state index contributed by atoms with van der Waals surface area (Å²) in [6.45, 7) is 9.70. The molecule has 0 saturated heterocycles. The number of rotatable bonds is 12. The summed E-state index contributed by atoms with van der Waals surface area (Å²) in [4.78, 5) is 25.3. The van der Waals surface area contributed by atoms with Crippen LogP contribution in [-0.2, 0) is 14.3 Å². The molecular formula is C28H33IN4O6S. The van der Waals surface area contributed by atoms with Crippen LogP contribution in [0.3, 0.4) is 0 Å². The molecular weight excluding hydrogens is 647 g/mol. The van der Waals surface area contributed by atoms with Crippen molar-refractivity contribution >= 4 is 58.0 Å². The molecule has 1 aliphatic heterocycles. The second-order valence-corrected chi connectivity index (χ2v) is 10.4. The largest absolute Gasteiger partial charge is 0.490 e. The zero-order valence-corrected chi connectivity index (χ0v) is 26.0. The van der Waals surface area contributed by atoms with E-state index in [2.05, 4.69) is 43.8 Å². The van der Waals surface area contributed by atoms with Crippen molar-refractivity contribution in [2.24, 2.45) is 5.10 Å². The molecule has 40 heavy (non-hydrogen) atoms. The Morgan fingerprint density at radius 2 is 1.90 bits per heavy atom. The molecule has 3 N–H and O–H groups in total. The number of nitrogens with zero attached hydrogens (tertiary/aromatic N) is 1. The molecule has 0 aromatic heterocycles. The highest BCUT2D eigenvalue weighted by Gasteiger charge is 2.32. The molecule has 2 aromatic rings. The van der Waals surface area contributed by atoms with Gasteiger partial charge in [-0.3, -0.25) is 4.79 Å². The molecule has 3 rings (SSSR count). The molecule has 10 nitrogen and oxygen atoms in total. The summed E-state index contributed by atoms with van der Waals surface area (Å²) in [6.07, 6.45) is 1.52. The van der Waals surface area contributed by atoms with Gasteiger partial charge in [-0.05, 0) is 93.2 Å². The minimum Gasteiger partial charge on any atom is -0.490 e. The van der Waals surface area contributed by atoms with Crippen LogP contribution in [0.1, 0.15) is 51.8 Å². The Hall–Kier alpha value is -3.39. The second-order valence-electron chi connectivity index (χ2n) is 8.84. The van der Waals surface area contributed by atoms with Crippen molar-refractivity contribution in [1.82, 2.24) is 16.1 Å². The van der Waals surface area contributed by atoms with Crippen molar-refractivity contribution < 1.29 is 28.5 Å². The maximum absolute atomic E-state index is 12.7. The first-order chi connectivity index (χ1) is 19.1. The van der Waals surface area contributed by atoms with E-state index in [0.717, 1.165) is 9.13 Å². The number of amides is 1. The first-order valence-corrected chi connectivity index (χ1v) is 14.2. The van der Waals surface area contributed by atoms with Gasteiger partial charge in [0.15, 0.2) is 23.2 Å². The number of thiocarbonyl (C=S) groups is 1. The van der Waals surface area contributed by atoms with E-state index < -0.39 is 17.9 Å². The molecule has 1 aliphatic rings. The van der Waals surface area contributed by atoms with Gasteiger partial charge in [-0.2, -0.15) is 5.10 Å². The Morgan fingerprint density at radius 3 is 2.60 bits per heavy atom. The standard InChI is InChI=1S/C28H33IN4O6S/c1-6-36-22-13-18(12-20(29)26(22)39-16(3)4)14-30-33-23(34)15-38-21-11-9-8-10-19(21)25-24(27(35)37-7-2)17(5)31-28(40)32-25/h8-14,16,25H,6-7,15H2,1-5H3,(H,33,34)(H2,31,32,40)/t25-/m1/s1. The monoisotopic (exact) mass is 680 g/mol. The first kappa shape index (κ1) is 31.1. The molecule has 12 heteroatoms. The van der Waals surface area contributed by atoms with E-state index in [1.54, 1.807) is 38.1 Å². The molecule has 0 radical (unpaired) electrons. The molecule has 214 valence electrons. The van der Waals surface area contributed by atoms with E-state index in [9.17, 15) is 9.59 Å². The average Bonchev–Trinajstić information content (AvgIpc) is 2.89. The Morgan fingerprint density at radius 1 is 1.15 bits per heavy atom. The van der Waals surface area contributed by atoms with Gasteiger partial charge >= 0.3 is 5.97 Å². The van der Waals surface area contributed by atoms with Crippen LogP contribution in [0.15, 0.2) is 52.8 Å². The van der Waals surface area contributed by atoms with Crippen molar-refractivity contribution in [3.05, 3.63) is 62.4 Å². The number of halogens is 1. The summed E-state index contributed by atoms with van der Waals surface area (Å²) >= 11 is 7.49. The maximum Gasteiger partial charge on any atom is 0.338 e. The lowest BCUT2D eigenvalue weighted by atomic mass is 9.95. The Bertz CT molecular complexity index is 1310. The number of carbonyl (C=O) groups is 2. The molecule has 0 fully saturated rings. The maximum atomic E-state index is 12.7. The van der Waals surface area contributed by atoms with Crippen LogP contribution < -0.4 is 30.3 Å². The van der Waals surface area contributed by atoms with Crippen molar-refractivity contribution in [2.75, 3.05) is 19.8 Å². The number of hydrazone groups is 1. The number of allylic oxidation sites excluding steroid dienone is 1. The number of esters is 1. The van der Waals surface area contributed by atoms with Gasteiger partial charge < -0.3 is 29.6 Å². The van der Waals surface area contributed by atoms with Gasteiger partial charge in [0.2, 0.25) is 0 Å². The van der Waals surface area contributed by atoms with E-state index in [-0.39, 0.29) is 19.3 Å². The van der Waals surface area contributed by atoms with Gasteiger partial charge in [0.05, 0.1) is 40.7 Å². The van der Waals surface area contributed by atoms with Crippen LogP contribution in [0.5, 0.6) is 17.2 Å². The van der Waals surface area contributed by atoms with Gasteiger partial charge in [-0.25, -0.2) is 10.2 Å². The van der Waals surface area contributed by atoms with Crippen LogP contribution in [0.25, 0.3) is 0 Å². The fourth-order valence-electron chi connectivity index (χ4n) is 3.89. The summed E-state index contributed by atoms with van der Waals surface area (Å²) in [7, 11) is 0. The van der Waals surface area contributed by atoms with Gasteiger partial charge in [0.1, 0.15) is 5.75 Å². The smallest absolute Gasteiger partial charge is 0.338 e. The fraction of sp³-hybridized carbons (Fsp3) is 0.357. The molecule has 1 amide bonds. The number of carbonyl (C=O) groups excluding carboxylic acids is 2. The van der Waals surface area contributed by atoms with E-state index in [1.165, 1.54) is 6.21 Å². The molecule has 0 bridgehead atoms. The number of hydrogen-bond acceptors (Lipinski definition) is 8. The number of para-hydroxylation sites is 1. The minimum absolute atomic E-state index is 0.00406. The Kier molecular flexibility index (Phi) is 11.6. The quantitative estimate of drug-likeness (QED) is 0.0988. The lowest BCUT2D eigenvalue weighted by Crippen LogP contribution is -2.45. The molecule has 2 aromatic carbocycles. The van der Waals surface area contributed by atoms with E-state index in [0.29, 0.717) is 45.8 Å². The zero-order chi connectivity index (χ0) is 29.2. The Balaban J connectivity index is 1.70. The molecule has 0 unspecified atom stereocenters. The van der Waals surface area contributed by atoms with Crippen LogP contribution >= 0.6 is 34.8 Å².